The van der Waals surface area contributed by atoms with Crippen LogP contribution in [0.3, 0.4) is 0 Å². The third-order valence-corrected chi connectivity index (χ3v) is 3.62. The second kappa shape index (κ2) is 6.02. The number of pyridine rings is 1. The standard InChI is InChI=1S/C18H17FN2/c1-13(14-6-9-16(19)10-7-14)20-12-17-11-8-15-4-2-3-5-18(15)21-17/h2-11,13,20H,12H2,1H3. The molecule has 0 bridgehead atoms. The first kappa shape index (κ1) is 13.7. The van der Waals surface area contributed by atoms with E-state index in [1.807, 2.05) is 24.3 Å². The summed E-state index contributed by atoms with van der Waals surface area (Å²) >= 11 is 0. The van der Waals surface area contributed by atoms with E-state index in [4.69, 9.17) is 0 Å². The van der Waals surface area contributed by atoms with Crippen LogP contribution in [0.15, 0.2) is 60.7 Å². The molecule has 0 amide bonds. The van der Waals surface area contributed by atoms with E-state index in [2.05, 4.69) is 29.4 Å². The normalized spacial score (nSPS) is 12.5. The average molecular weight is 280 g/mol. The third-order valence-electron chi connectivity index (χ3n) is 3.62. The molecule has 1 aromatic heterocycles. The van der Waals surface area contributed by atoms with Crippen molar-refractivity contribution in [2.24, 2.45) is 0 Å². The Morgan fingerprint density at radius 1 is 1.00 bits per heavy atom. The van der Waals surface area contributed by atoms with E-state index >= 15 is 0 Å². The van der Waals surface area contributed by atoms with Gasteiger partial charge in [0.2, 0.25) is 0 Å². The highest BCUT2D eigenvalue weighted by molar-refractivity contribution is 5.78. The van der Waals surface area contributed by atoms with Crippen molar-refractivity contribution in [1.29, 1.82) is 0 Å². The molecule has 2 aromatic carbocycles. The molecule has 0 aliphatic heterocycles. The van der Waals surface area contributed by atoms with E-state index in [0.29, 0.717) is 6.54 Å². The highest BCUT2D eigenvalue weighted by Gasteiger charge is 2.05. The monoisotopic (exact) mass is 280 g/mol. The Bertz CT molecular complexity index is 738. The van der Waals surface area contributed by atoms with Crippen molar-refractivity contribution in [3.63, 3.8) is 0 Å². The lowest BCUT2D eigenvalue weighted by Gasteiger charge is -2.14. The fourth-order valence-corrected chi connectivity index (χ4v) is 2.33. The van der Waals surface area contributed by atoms with Crippen LogP contribution in [0.2, 0.25) is 0 Å². The molecule has 1 atom stereocenters. The van der Waals surface area contributed by atoms with Gasteiger partial charge in [-0.2, -0.15) is 0 Å². The lowest BCUT2D eigenvalue weighted by Crippen LogP contribution is -2.18. The van der Waals surface area contributed by atoms with Crippen LogP contribution in [0.5, 0.6) is 0 Å². The molecule has 0 saturated heterocycles. The van der Waals surface area contributed by atoms with E-state index in [-0.39, 0.29) is 11.9 Å². The molecule has 0 aliphatic carbocycles. The summed E-state index contributed by atoms with van der Waals surface area (Å²) in [5, 5.41) is 4.56. The van der Waals surface area contributed by atoms with Crippen LogP contribution in [0.4, 0.5) is 4.39 Å². The second-order valence-electron chi connectivity index (χ2n) is 5.15. The molecule has 1 unspecified atom stereocenters. The number of nitrogens with one attached hydrogen (secondary N) is 1. The van der Waals surface area contributed by atoms with Gasteiger partial charge in [-0.05, 0) is 36.8 Å². The van der Waals surface area contributed by atoms with Gasteiger partial charge in [-0.25, -0.2) is 4.39 Å². The van der Waals surface area contributed by atoms with Gasteiger partial charge in [-0.15, -0.1) is 0 Å². The molecular weight excluding hydrogens is 263 g/mol. The van der Waals surface area contributed by atoms with Gasteiger partial charge < -0.3 is 5.32 Å². The van der Waals surface area contributed by atoms with E-state index in [9.17, 15) is 4.39 Å². The SMILES string of the molecule is CC(NCc1ccc2ccccc2n1)c1ccc(F)cc1. The van der Waals surface area contributed by atoms with E-state index in [1.54, 1.807) is 12.1 Å². The first-order valence-corrected chi connectivity index (χ1v) is 7.06. The highest BCUT2D eigenvalue weighted by Crippen LogP contribution is 2.15. The summed E-state index contributed by atoms with van der Waals surface area (Å²) in [5.41, 5.74) is 3.08. The molecular formula is C18H17FN2. The molecule has 0 saturated carbocycles. The smallest absolute Gasteiger partial charge is 0.123 e. The molecule has 106 valence electrons. The minimum atomic E-state index is -0.206. The maximum atomic E-state index is 12.9. The van der Waals surface area contributed by atoms with Gasteiger partial charge in [0.1, 0.15) is 5.82 Å². The molecule has 0 radical (unpaired) electrons. The molecule has 2 nitrogen and oxygen atoms in total. The van der Waals surface area contributed by atoms with Gasteiger partial charge >= 0.3 is 0 Å². The van der Waals surface area contributed by atoms with Crippen molar-refractivity contribution in [2.45, 2.75) is 19.5 Å². The topological polar surface area (TPSA) is 24.9 Å². The van der Waals surface area contributed by atoms with Gasteiger partial charge in [-0.1, -0.05) is 36.4 Å². The van der Waals surface area contributed by atoms with Gasteiger partial charge in [0.05, 0.1) is 11.2 Å². The molecule has 1 N–H and O–H groups in total. The number of benzene rings is 2. The van der Waals surface area contributed by atoms with Crippen LogP contribution in [0.1, 0.15) is 24.2 Å². The Morgan fingerprint density at radius 3 is 2.57 bits per heavy atom. The lowest BCUT2D eigenvalue weighted by atomic mass is 10.1. The summed E-state index contributed by atoms with van der Waals surface area (Å²) in [6.07, 6.45) is 0. The maximum Gasteiger partial charge on any atom is 0.123 e. The van der Waals surface area contributed by atoms with E-state index in [1.165, 1.54) is 12.1 Å². The van der Waals surface area contributed by atoms with Gasteiger partial charge in [0.25, 0.3) is 0 Å². The second-order valence-corrected chi connectivity index (χ2v) is 5.15. The van der Waals surface area contributed by atoms with Crippen molar-refractivity contribution in [1.82, 2.24) is 10.3 Å². The number of rotatable bonds is 4. The Labute approximate surface area is 123 Å². The number of fused-ring (bicyclic) bond motifs is 1. The summed E-state index contributed by atoms with van der Waals surface area (Å²) in [5.74, 6) is -0.206. The van der Waals surface area contributed by atoms with Gasteiger partial charge in [0, 0.05) is 18.0 Å². The van der Waals surface area contributed by atoms with Crippen LogP contribution in [0.25, 0.3) is 10.9 Å². The van der Waals surface area contributed by atoms with Gasteiger partial charge in [0.15, 0.2) is 0 Å². The fourth-order valence-electron chi connectivity index (χ4n) is 2.33. The molecule has 0 fully saturated rings. The minimum Gasteiger partial charge on any atom is -0.305 e. The highest BCUT2D eigenvalue weighted by atomic mass is 19.1. The number of halogens is 1. The number of nitrogens with zero attached hydrogens (tertiary/aromatic N) is 1. The molecule has 3 aromatic rings. The zero-order valence-corrected chi connectivity index (χ0v) is 11.9. The predicted octanol–water partition coefficient (Wildman–Crippen LogP) is 4.22. The molecule has 3 heteroatoms. The summed E-state index contributed by atoms with van der Waals surface area (Å²) in [4.78, 5) is 4.63. The van der Waals surface area contributed by atoms with E-state index in [0.717, 1.165) is 22.2 Å². The number of para-hydroxylation sites is 1. The molecule has 3 rings (SSSR count). The van der Waals surface area contributed by atoms with Gasteiger partial charge in [-0.3, -0.25) is 4.98 Å². The lowest BCUT2D eigenvalue weighted by molar-refractivity contribution is 0.565. The predicted molar refractivity (Wildman–Crippen MR) is 83.4 cm³/mol. The minimum absolute atomic E-state index is 0.152. The maximum absolute atomic E-state index is 12.9. The zero-order chi connectivity index (χ0) is 14.7. The molecule has 0 spiro atoms. The summed E-state index contributed by atoms with van der Waals surface area (Å²) in [6, 6.07) is 18.9. The van der Waals surface area contributed by atoms with Crippen LogP contribution in [-0.4, -0.2) is 4.98 Å². The first-order chi connectivity index (χ1) is 10.2. The average Bonchev–Trinajstić information content (AvgIpc) is 2.53. The van der Waals surface area contributed by atoms with Crippen molar-refractivity contribution < 1.29 is 4.39 Å². The Balaban J connectivity index is 1.69. The van der Waals surface area contributed by atoms with Crippen LogP contribution < -0.4 is 5.32 Å². The summed E-state index contributed by atoms with van der Waals surface area (Å²) in [7, 11) is 0. The van der Waals surface area contributed by atoms with Crippen molar-refractivity contribution in [3.05, 3.63) is 77.7 Å². The van der Waals surface area contributed by atoms with Crippen LogP contribution in [0, 0.1) is 5.82 Å². The quantitative estimate of drug-likeness (QED) is 0.773. The Hall–Kier alpha value is -2.26. The first-order valence-electron chi connectivity index (χ1n) is 7.06. The van der Waals surface area contributed by atoms with Crippen LogP contribution in [-0.2, 0) is 6.54 Å². The third kappa shape index (κ3) is 3.26. The number of hydrogen-bond acceptors (Lipinski definition) is 2. The Morgan fingerprint density at radius 2 is 1.76 bits per heavy atom. The number of aromatic nitrogens is 1. The van der Waals surface area contributed by atoms with Crippen molar-refractivity contribution in [3.8, 4) is 0 Å². The summed E-state index contributed by atoms with van der Waals surface area (Å²) in [6.45, 7) is 2.75. The molecule has 21 heavy (non-hydrogen) atoms. The van der Waals surface area contributed by atoms with Crippen LogP contribution >= 0.6 is 0 Å². The molecule has 1 heterocycles. The fraction of sp³-hybridized carbons (Fsp3) is 0.167. The largest absolute Gasteiger partial charge is 0.305 e. The van der Waals surface area contributed by atoms with Crippen molar-refractivity contribution >= 4 is 10.9 Å². The zero-order valence-electron chi connectivity index (χ0n) is 11.9. The van der Waals surface area contributed by atoms with Crippen molar-refractivity contribution in [2.75, 3.05) is 0 Å². The number of hydrogen-bond donors (Lipinski definition) is 1. The Kier molecular flexibility index (Phi) is 3.93. The van der Waals surface area contributed by atoms with E-state index < -0.39 is 0 Å². The summed E-state index contributed by atoms with van der Waals surface area (Å²) < 4.78 is 12.9. The molecule has 0 aliphatic rings.